The van der Waals surface area contributed by atoms with Crippen molar-refractivity contribution in [2.75, 3.05) is 13.7 Å². The number of ether oxygens (including phenoxy) is 1. The number of fused-ring (bicyclic) bond motifs is 1. The van der Waals surface area contributed by atoms with Crippen molar-refractivity contribution in [2.45, 2.75) is 31.3 Å². The molecule has 1 aromatic carbocycles. The molecular weight excluding hydrogens is 318 g/mol. The predicted molar refractivity (Wildman–Crippen MR) is 93.6 cm³/mol. The number of hydrazine groups is 1. The van der Waals surface area contributed by atoms with E-state index in [-0.39, 0.29) is 11.9 Å². The van der Waals surface area contributed by atoms with Gasteiger partial charge in [0.15, 0.2) is 11.4 Å². The molecule has 3 atom stereocenters. The van der Waals surface area contributed by atoms with Crippen molar-refractivity contribution in [3.05, 3.63) is 42.2 Å². The van der Waals surface area contributed by atoms with Crippen LogP contribution in [-0.2, 0) is 0 Å². The lowest BCUT2D eigenvalue weighted by atomic mass is 9.83. The Morgan fingerprint density at radius 2 is 2.16 bits per heavy atom. The highest BCUT2D eigenvalue weighted by Gasteiger charge is 2.34. The molecule has 4 rings (SSSR count). The molecule has 25 heavy (non-hydrogen) atoms. The summed E-state index contributed by atoms with van der Waals surface area (Å²) in [5.74, 6) is 0.885. The van der Waals surface area contributed by atoms with Crippen LogP contribution in [0.1, 0.15) is 29.8 Å². The van der Waals surface area contributed by atoms with Crippen molar-refractivity contribution in [2.24, 2.45) is 5.92 Å². The molecule has 2 fully saturated rings. The molecular formula is C18H23N5O2. The van der Waals surface area contributed by atoms with Crippen LogP contribution in [0.25, 0.3) is 5.69 Å². The Bertz CT molecular complexity index is 745. The maximum atomic E-state index is 12.7. The van der Waals surface area contributed by atoms with Gasteiger partial charge < -0.3 is 10.1 Å². The molecule has 2 heterocycles. The molecule has 1 aliphatic carbocycles. The van der Waals surface area contributed by atoms with Gasteiger partial charge in [0.25, 0.3) is 5.91 Å². The third-order valence-electron chi connectivity index (χ3n) is 5.11. The summed E-state index contributed by atoms with van der Waals surface area (Å²) in [4.78, 5) is 12.7. The van der Waals surface area contributed by atoms with E-state index >= 15 is 0 Å². The predicted octanol–water partition coefficient (Wildman–Crippen LogP) is 1.26. The third kappa shape index (κ3) is 3.25. The van der Waals surface area contributed by atoms with Crippen molar-refractivity contribution >= 4 is 5.91 Å². The van der Waals surface area contributed by atoms with Gasteiger partial charge in [0.05, 0.1) is 19.0 Å². The van der Waals surface area contributed by atoms with Gasteiger partial charge in [-0.15, -0.1) is 0 Å². The smallest absolute Gasteiger partial charge is 0.275 e. The maximum absolute atomic E-state index is 12.7. The molecule has 3 N–H and O–H groups in total. The molecule has 1 aliphatic heterocycles. The molecule has 1 saturated carbocycles. The molecule has 0 bridgehead atoms. The second-order valence-corrected chi connectivity index (χ2v) is 6.70. The number of rotatable bonds is 4. The van der Waals surface area contributed by atoms with Gasteiger partial charge in [0.2, 0.25) is 0 Å². The number of nitrogens with zero attached hydrogens (tertiary/aromatic N) is 2. The van der Waals surface area contributed by atoms with Gasteiger partial charge in [-0.3, -0.25) is 15.6 Å². The average molecular weight is 341 g/mol. The van der Waals surface area contributed by atoms with Gasteiger partial charge in [-0.05, 0) is 37.3 Å². The van der Waals surface area contributed by atoms with Crippen LogP contribution >= 0.6 is 0 Å². The highest BCUT2D eigenvalue weighted by Crippen LogP contribution is 2.27. The fourth-order valence-corrected chi connectivity index (χ4v) is 3.76. The van der Waals surface area contributed by atoms with E-state index in [1.165, 1.54) is 0 Å². The first-order valence-electron chi connectivity index (χ1n) is 8.73. The Hall–Kier alpha value is -2.38. The zero-order chi connectivity index (χ0) is 17.2. The lowest BCUT2D eigenvalue weighted by molar-refractivity contribution is 0.0909. The summed E-state index contributed by atoms with van der Waals surface area (Å²) in [6.07, 6.45) is 4.77. The van der Waals surface area contributed by atoms with Crippen LogP contribution in [0.3, 0.4) is 0 Å². The minimum Gasteiger partial charge on any atom is -0.493 e. The van der Waals surface area contributed by atoms with Crippen LogP contribution in [0.4, 0.5) is 0 Å². The Morgan fingerprint density at radius 3 is 2.96 bits per heavy atom. The van der Waals surface area contributed by atoms with Crippen molar-refractivity contribution in [1.29, 1.82) is 0 Å². The molecule has 0 radical (unpaired) electrons. The molecule has 7 heteroatoms. The summed E-state index contributed by atoms with van der Waals surface area (Å²) >= 11 is 0. The van der Waals surface area contributed by atoms with E-state index in [1.54, 1.807) is 18.0 Å². The van der Waals surface area contributed by atoms with E-state index in [9.17, 15) is 4.79 Å². The highest BCUT2D eigenvalue weighted by atomic mass is 16.5. The quantitative estimate of drug-likeness (QED) is 0.780. The van der Waals surface area contributed by atoms with Gasteiger partial charge in [-0.2, -0.15) is 5.10 Å². The molecule has 2 aliphatic rings. The van der Waals surface area contributed by atoms with Gasteiger partial charge in [-0.1, -0.05) is 18.2 Å². The molecule has 3 unspecified atom stereocenters. The van der Waals surface area contributed by atoms with E-state index < -0.39 is 0 Å². The zero-order valence-corrected chi connectivity index (χ0v) is 14.2. The fourth-order valence-electron chi connectivity index (χ4n) is 3.76. The van der Waals surface area contributed by atoms with E-state index in [0.717, 1.165) is 31.5 Å². The van der Waals surface area contributed by atoms with E-state index in [0.29, 0.717) is 23.4 Å². The van der Waals surface area contributed by atoms with Crippen LogP contribution in [0, 0.1) is 5.92 Å². The lowest BCUT2D eigenvalue weighted by Gasteiger charge is -2.31. The zero-order valence-electron chi connectivity index (χ0n) is 14.2. The summed E-state index contributed by atoms with van der Waals surface area (Å²) in [5, 5.41) is 7.58. The molecule has 0 spiro atoms. The molecule has 132 valence electrons. The minimum absolute atomic E-state index is 0.172. The van der Waals surface area contributed by atoms with Gasteiger partial charge >= 0.3 is 0 Å². The first kappa shape index (κ1) is 16.1. The van der Waals surface area contributed by atoms with Gasteiger partial charge in [0.1, 0.15) is 0 Å². The molecule has 1 aromatic heterocycles. The Balaban J connectivity index is 1.49. The lowest BCUT2D eigenvalue weighted by Crippen LogP contribution is -2.44. The summed E-state index contributed by atoms with van der Waals surface area (Å²) in [6, 6.07) is 10.4. The van der Waals surface area contributed by atoms with Crippen molar-refractivity contribution in [1.82, 2.24) is 25.9 Å². The number of aromatic nitrogens is 2. The average Bonchev–Trinajstić information content (AvgIpc) is 3.28. The minimum atomic E-state index is -0.172. The second kappa shape index (κ2) is 6.85. The number of para-hydroxylation sites is 1. The van der Waals surface area contributed by atoms with E-state index in [1.807, 2.05) is 30.3 Å². The Labute approximate surface area is 146 Å². The van der Waals surface area contributed by atoms with Crippen LogP contribution in [0.5, 0.6) is 5.75 Å². The molecule has 1 amide bonds. The summed E-state index contributed by atoms with van der Waals surface area (Å²) < 4.78 is 7.04. The largest absolute Gasteiger partial charge is 0.493 e. The summed E-state index contributed by atoms with van der Waals surface area (Å²) in [5.41, 5.74) is 7.74. The molecule has 2 aromatic rings. The Morgan fingerprint density at radius 1 is 1.32 bits per heavy atom. The number of carbonyl (C=O) groups excluding carboxylic acids is 1. The van der Waals surface area contributed by atoms with Crippen molar-refractivity contribution in [3.8, 4) is 11.4 Å². The van der Waals surface area contributed by atoms with Crippen molar-refractivity contribution < 1.29 is 9.53 Å². The van der Waals surface area contributed by atoms with Crippen molar-refractivity contribution in [3.63, 3.8) is 0 Å². The molecule has 1 saturated heterocycles. The number of hydrogen-bond donors (Lipinski definition) is 3. The monoisotopic (exact) mass is 341 g/mol. The van der Waals surface area contributed by atoms with Gasteiger partial charge in [0, 0.05) is 18.6 Å². The number of carbonyl (C=O) groups is 1. The first-order chi connectivity index (χ1) is 12.2. The summed E-state index contributed by atoms with van der Waals surface area (Å²) in [6.45, 7) is 0.961. The number of methoxy groups -OCH3 is 1. The number of amides is 1. The Kier molecular flexibility index (Phi) is 4.42. The molecule has 7 nitrogen and oxygen atoms in total. The van der Waals surface area contributed by atoms with Gasteiger partial charge in [-0.25, -0.2) is 4.68 Å². The van der Waals surface area contributed by atoms with Crippen LogP contribution < -0.4 is 20.9 Å². The fraction of sp³-hybridized carbons (Fsp3) is 0.444. The first-order valence-corrected chi connectivity index (χ1v) is 8.73. The number of hydrogen-bond acceptors (Lipinski definition) is 5. The normalized spacial score (nSPS) is 25.4. The van der Waals surface area contributed by atoms with Crippen LogP contribution in [0.2, 0.25) is 0 Å². The third-order valence-corrected chi connectivity index (χ3v) is 5.11. The number of nitrogens with one attached hydrogen (secondary N) is 3. The van der Waals surface area contributed by atoms with Crippen LogP contribution in [-0.4, -0.2) is 41.4 Å². The standard InChI is InChI=1S/C18H23N5O2/c1-25-16-11-23(14-5-3-2-4-6-14)22-17(16)18(24)20-13-7-8-15-12(9-13)10-19-21-15/h2-6,11-13,15,19,21H,7-10H2,1H3,(H,20,24). The SMILES string of the molecule is COc1cn(-c2ccccc2)nc1C(=O)NC1CCC2NNCC2C1. The maximum Gasteiger partial charge on any atom is 0.275 e. The van der Waals surface area contributed by atoms with E-state index in [2.05, 4.69) is 21.3 Å². The second-order valence-electron chi connectivity index (χ2n) is 6.70. The van der Waals surface area contributed by atoms with Crippen LogP contribution in [0.15, 0.2) is 36.5 Å². The highest BCUT2D eigenvalue weighted by molar-refractivity contribution is 5.95. The van der Waals surface area contributed by atoms with E-state index in [4.69, 9.17) is 4.74 Å². The summed E-state index contributed by atoms with van der Waals surface area (Å²) in [7, 11) is 1.56. The topological polar surface area (TPSA) is 80.2 Å². The number of benzene rings is 1.